The Morgan fingerprint density at radius 2 is 2.19 bits per heavy atom. The van der Waals surface area contributed by atoms with E-state index in [1.807, 2.05) is 17.2 Å². The minimum absolute atomic E-state index is 0.0676. The van der Waals surface area contributed by atoms with Crippen LogP contribution in [0, 0.1) is 0 Å². The van der Waals surface area contributed by atoms with Crippen molar-refractivity contribution >= 4 is 23.2 Å². The number of carbonyl (C=O) groups excluding carboxylic acids is 1. The van der Waals surface area contributed by atoms with Crippen LogP contribution in [0.5, 0.6) is 11.5 Å². The fourth-order valence-corrected chi connectivity index (χ4v) is 3.92. The normalized spacial score (nSPS) is 16.8. The number of carboxylic acid groups (broad SMARTS) is 1. The summed E-state index contributed by atoms with van der Waals surface area (Å²) in [7, 11) is 0. The number of thiazole rings is 1. The highest BCUT2D eigenvalue weighted by molar-refractivity contribution is 7.09. The van der Waals surface area contributed by atoms with Gasteiger partial charge in [0.25, 0.3) is 5.91 Å². The third-order valence-corrected chi connectivity index (χ3v) is 5.29. The molecule has 0 unspecified atom stereocenters. The van der Waals surface area contributed by atoms with Crippen LogP contribution in [0.2, 0.25) is 0 Å². The lowest BCUT2D eigenvalue weighted by atomic mass is 9.98. The van der Waals surface area contributed by atoms with E-state index in [1.54, 1.807) is 35.7 Å². The molecule has 1 fully saturated rings. The summed E-state index contributed by atoms with van der Waals surface area (Å²) in [6.45, 7) is 3.10. The standard InChI is InChI=1S/C19H22N2O5S/c1-2-25-16-10-13(5-6-15(16)26-12-17(22)23)19(24)21-8-3-4-14(11-21)18-20-7-9-27-18/h5-7,9-10,14H,2-4,8,11-12H2,1H3,(H,22,23)/t14-/m0/s1. The molecule has 1 aromatic carbocycles. The van der Waals surface area contributed by atoms with Crippen LogP contribution in [-0.4, -0.2) is 53.2 Å². The van der Waals surface area contributed by atoms with Crippen LogP contribution in [0.25, 0.3) is 0 Å². The van der Waals surface area contributed by atoms with E-state index >= 15 is 0 Å². The van der Waals surface area contributed by atoms with Crippen molar-refractivity contribution < 1.29 is 24.2 Å². The molecule has 3 rings (SSSR count). The van der Waals surface area contributed by atoms with Crippen LogP contribution < -0.4 is 9.47 Å². The first-order chi connectivity index (χ1) is 13.1. The molecule has 0 radical (unpaired) electrons. The van der Waals surface area contributed by atoms with E-state index in [-0.39, 0.29) is 11.8 Å². The molecule has 2 heterocycles. The zero-order valence-electron chi connectivity index (χ0n) is 15.1. The SMILES string of the molecule is CCOc1cc(C(=O)N2CCC[C@H](c3nccs3)C2)ccc1OCC(=O)O. The van der Waals surface area contributed by atoms with Crippen LogP contribution in [0.4, 0.5) is 0 Å². The van der Waals surface area contributed by atoms with Gasteiger partial charge in [-0.2, -0.15) is 0 Å². The number of piperidine rings is 1. The average Bonchev–Trinajstić information content (AvgIpc) is 3.21. The Kier molecular flexibility index (Phi) is 6.28. The van der Waals surface area contributed by atoms with E-state index in [9.17, 15) is 9.59 Å². The highest BCUT2D eigenvalue weighted by Gasteiger charge is 2.27. The summed E-state index contributed by atoms with van der Waals surface area (Å²) in [6.07, 6.45) is 3.77. The molecular weight excluding hydrogens is 368 g/mol. The number of hydrogen-bond donors (Lipinski definition) is 1. The molecule has 144 valence electrons. The smallest absolute Gasteiger partial charge is 0.341 e. The van der Waals surface area contributed by atoms with Gasteiger partial charge in [0.15, 0.2) is 18.1 Å². The van der Waals surface area contributed by atoms with Crippen molar-refractivity contribution in [3.05, 3.63) is 40.3 Å². The Labute approximate surface area is 161 Å². The van der Waals surface area contributed by atoms with Crippen LogP contribution >= 0.6 is 11.3 Å². The molecule has 1 N–H and O–H groups in total. The first-order valence-corrected chi connectivity index (χ1v) is 9.76. The Balaban J connectivity index is 1.75. The number of benzene rings is 1. The van der Waals surface area contributed by atoms with Gasteiger partial charge < -0.3 is 19.5 Å². The minimum atomic E-state index is -1.07. The summed E-state index contributed by atoms with van der Waals surface area (Å²) in [5, 5.41) is 11.8. The van der Waals surface area contributed by atoms with Gasteiger partial charge >= 0.3 is 5.97 Å². The van der Waals surface area contributed by atoms with Gasteiger partial charge in [-0.25, -0.2) is 9.78 Å². The molecule has 8 heteroatoms. The molecule has 1 atom stereocenters. The molecule has 2 aromatic rings. The summed E-state index contributed by atoms with van der Waals surface area (Å²) in [5.74, 6) is -0.179. The van der Waals surface area contributed by atoms with Crippen LogP contribution in [-0.2, 0) is 4.79 Å². The van der Waals surface area contributed by atoms with Crippen molar-refractivity contribution in [2.75, 3.05) is 26.3 Å². The number of rotatable bonds is 7. The number of amides is 1. The van der Waals surface area contributed by atoms with E-state index in [1.165, 1.54) is 0 Å². The first kappa shape index (κ1) is 19.2. The highest BCUT2D eigenvalue weighted by atomic mass is 32.1. The summed E-state index contributed by atoms with van der Waals surface area (Å²) in [5.41, 5.74) is 0.501. The van der Waals surface area contributed by atoms with E-state index < -0.39 is 12.6 Å². The predicted octanol–water partition coefficient (Wildman–Crippen LogP) is 3.03. The maximum Gasteiger partial charge on any atom is 0.341 e. The lowest BCUT2D eigenvalue weighted by molar-refractivity contribution is -0.139. The Bertz CT molecular complexity index is 793. The van der Waals surface area contributed by atoms with Crippen molar-refractivity contribution in [1.29, 1.82) is 0 Å². The molecule has 27 heavy (non-hydrogen) atoms. The highest BCUT2D eigenvalue weighted by Crippen LogP contribution is 2.32. The van der Waals surface area contributed by atoms with Crippen molar-refractivity contribution in [2.24, 2.45) is 0 Å². The van der Waals surface area contributed by atoms with Crippen LogP contribution in [0.15, 0.2) is 29.8 Å². The first-order valence-electron chi connectivity index (χ1n) is 8.88. The molecule has 0 bridgehead atoms. The summed E-state index contributed by atoms with van der Waals surface area (Å²) in [6, 6.07) is 4.86. The fourth-order valence-electron chi connectivity index (χ4n) is 3.15. The third-order valence-electron chi connectivity index (χ3n) is 4.35. The van der Waals surface area contributed by atoms with Gasteiger partial charge in [-0.15, -0.1) is 11.3 Å². The van der Waals surface area contributed by atoms with E-state index in [2.05, 4.69) is 4.98 Å². The molecule has 0 spiro atoms. The average molecular weight is 390 g/mol. The molecule has 7 nitrogen and oxygen atoms in total. The lowest BCUT2D eigenvalue weighted by Gasteiger charge is -2.32. The van der Waals surface area contributed by atoms with Crippen molar-refractivity contribution in [3.8, 4) is 11.5 Å². The number of ether oxygens (including phenoxy) is 2. The van der Waals surface area contributed by atoms with E-state index in [0.717, 1.165) is 17.8 Å². The van der Waals surface area contributed by atoms with E-state index in [0.29, 0.717) is 36.8 Å². The summed E-state index contributed by atoms with van der Waals surface area (Å²) >= 11 is 1.62. The quantitative estimate of drug-likeness (QED) is 0.782. The molecule has 1 aliphatic heterocycles. The zero-order valence-corrected chi connectivity index (χ0v) is 15.9. The van der Waals surface area contributed by atoms with Crippen LogP contribution in [0.3, 0.4) is 0 Å². The van der Waals surface area contributed by atoms with Gasteiger partial charge in [-0.3, -0.25) is 4.79 Å². The molecule has 1 aromatic heterocycles. The number of aromatic nitrogens is 1. The minimum Gasteiger partial charge on any atom is -0.490 e. The maximum absolute atomic E-state index is 13.0. The molecule has 1 aliphatic rings. The van der Waals surface area contributed by atoms with Gasteiger partial charge in [-0.05, 0) is 38.0 Å². The van der Waals surface area contributed by atoms with Crippen molar-refractivity contribution in [2.45, 2.75) is 25.7 Å². The van der Waals surface area contributed by atoms with Gasteiger partial charge in [-0.1, -0.05) is 0 Å². The zero-order chi connectivity index (χ0) is 19.2. The fraction of sp³-hybridized carbons (Fsp3) is 0.421. The van der Waals surface area contributed by atoms with Crippen LogP contribution in [0.1, 0.15) is 41.0 Å². The molecule has 1 saturated heterocycles. The maximum atomic E-state index is 13.0. The molecule has 1 amide bonds. The third kappa shape index (κ3) is 4.77. The van der Waals surface area contributed by atoms with Gasteiger partial charge in [0.2, 0.25) is 0 Å². The van der Waals surface area contributed by atoms with Crippen molar-refractivity contribution in [3.63, 3.8) is 0 Å². The predicted molar refractivity (Wildman–Crippen MR) is 101 cm³/mol. The number of carboxylic acids is 1. The number of likely N-dealkylation sites (tertiary alicyclic amines) is 1. The molecule has 0 saturated carbocycles. The molecular formula is C19H22N2O5S. The number of hydrogen-bond acceptors (Lipinski definition) is 6. The molecule has 0 aliphatic carbocycles. The largest absolute Gasteiger partial charge is 0.490 e. The Hall–Kier alpha value is -2.61. The van der Waals surface area contributed by atoms with Gasteiger partial charge in [0, 0.05) is 36.1 Å². The van der Waals surface area contributed by atoms with Crippen molar-refractivity contribution in [1.82, 2.24) is 9.88 Å². The Morgan fingerprint density at radius 3 is 2.89 bits per heavy atom. The number of aliphatic carboxylic acids is 1. The second kappa shape index (κ2) is 8.85. The summed E-state index contributed by atoms with van der Waals surface area (Å²) < 4.78 is 10.8. The van der Waals surface area contributed by atoms with Gasteiger partial charge in [0.1, 0.15) is 0 Å². The number of nitrogens with zero attached hydrogens (tertiary/aromatic N) is 2. The lowest BCUT2D eigenvalue weighted by Crippen LogP contribution is -2.39. The monoisotopic (exact) mass is 390 g/mol. The topological polar surface area (TPSA) is 89.0 Å². The summed E-state index contributed by atoms with van der Waals surface area (Å²) in [4.78, 5) is 29.9. The Morgan fingerprint density at radius 1 is 1.33 bits per heavy atom. The van der Waals surface area contributed by atoms with Gasteiger partial charge in [0.05, 0.1) is 11.6 Å². The van der Waals surface area contributed by atoms with E-state index in [4.69, 9.17) is 14.6 Å². The number of carbonyl (C=O) groups is 2. The second-order valence-electron chi connectivity index (χ2n) is 6.24. The second-order valence-corrected chi connectivity index (χ2v) is 7.16.